The molecule has 0 amide bonds. The van der Waals surface area contributed by atoms with Gasteiger partial charge in [-0.25, -0.2) is 4.39 Å². The van der Waals surface area contributed by atoms with Crippen molar-refractivity contribution in [3.05, 3.63) is 23.3 Å². The Kier molecular flexibility index (Phi) is 4.77. The molecule has 0 aromatic heterocycles. The first kappa shape index (κ1) is 14.6. The number of phenolic OH excluding ortho intramolecular Hbond substituents is 1. The maximum absolute atomic E-state index is 13.5. The van der Waals surface area contributed by atoms with E-state index in [1.165, 1.54) is 19.2 Å². The molecule has 0 saturated carbocycles. The molecule has 1 aliphatic rings. The molecule has 1 saturated heterocycles. The van der Waals surface area contributed by atoms with E-state index in [1.807, 2.05) is 11.0 Å². The maximum atomic E-state index is 13.5. The van der Waals surface area contributed by atoms with Crippen molar-refractivity contribution < 1.29 is 14.2 Å². The van der Waals surface area contributed by atoms with Gasteiger partial charge in [-0.15, -0.1) is 0 Å². The number of rotatable bonds is 4. The lowest BCUT2D eigenvalue weighted by Crippen LogP contribution is -2.45. The number of piperazine rings is 1. The second-order valence-electron chi connectivity index (χ2n) is 4.68. The third-order valence-electron chi connectivity index (χ3n) is 3.55. The number of halogens is 1. The fourth-order valence-corrected chi connectivity index (χ4v) is 2.47. The number of phenols is 1. The van der Waals surface area contributed by atoms with Crippen LogP contribution >= 0.6 is 0 Å². The zero-order chi connectivity index (χ0) is 14.5. The molecule has 0 spiro atoms. The molecule has 2 rings (SSSR count). The Morgan fingerprint density at radius 2 is 2.20 bits per heavy atom. The van der Waals surface area contributed by atoms with Crippen molar-refractivity contribution in [3.8, 4) is 17.6 Å². The standard InChI is InChI=1S/C14H18FN3O2/c1-20-13-7-10(9-16)6-11(14(13)19)12(8-15)18-4-2-17-3-5-18/h6-7,12,17,19H,2-5,8H2,1H3/t12-/m1/s1. The number of hydrogen-bond acceptors (Lipinski definition) is 5. The van der Waals surface area contributed by atoms with Gasteiger partial charge < -0.3 is 15.2 Å². The van der Waals surface area contributed by atoms with Crippen LogP contribution in [0.25, 0.3) is 0 Å². The smallest absolute Gasteiger partial charge is 0.162 e. The second kappa shape index (κ2) is 6.55. The number of hydrogen-bond donors (Lipinski definition) is 2. The van der Waals surface area contributed by atoms with Crippen molar-refractivity contribution in [2.24, 2.45) is 0 Å². The van der Waals surface area contributed by atoms with Gasteiger partial charge in [0.2, 0.25) is 0 Å². The van der Waals surface area contributed by atoms with Crippen molar-refractivity contribution in [3.63, 3.8) is 0 Å². The lowest BCUT2D eigenvalue weighted by molar-refractivity contribution is 0.144. The van der Waals surface area contributed by atoms with Crippen molar-refractivity contribution in [2.75, 3.05) is 40.0 Å². The minimum atomic E-state index is -0.619. The Hall–Kier alpha value is -1.84. The van der Waals surface area contributed by atoms with Gasteiger partial charge in [0.15, 0.2) is 11.5 Å². The Balaban J connectivity index is 2.40. The number of nitrogens with zero attached hydrogens (tertiary/aromatic N) is 2. The number of benzene rings is 1. The fraction of sp³-hybridized carbons (Fsp3) is 0.500. The zero-order valence-corrected chi connectivity index (χ0v) is 11.4. The molecule has 20 heavy (non-hydrogen) atoms. The second-order valence-corrected chi connectivity index (χ2v) is 4.68. The lowest BCUT2D eigenvalue weighted by atomic mass is 10.0. The van der Waals surface area contributed by atoms with Gasteiger partial charge in [0.05, 0.1) is 24.8 Å². The SMILES string of the molecule is COc1cc(C#N)cc([C@@H](CF)N2CCNCC2)c1O. The summed E-state index contributed by atoms with van der Waals surface area (Å²) in [5, 5.41) is 22.4. The van der Waals surface area contributed by atoms with Crippen molar-refractivity contribution in [2.45, 2.75) is 6.04 Å². The van der Waals surface area contributed by atoms with Crippen LogP contribution in [0.15, 0.2) is 12.1 Å². The van der Waals surface area contributed by atoms with Crippen molar-refractivity contribution in [1.29, 1.82) is 5.26 Å². The molecule has 5 nitrogen and oxygen atoms in total. The summed E-state index contributed by atoms with van der Waals surface area (Å²) in [6, 6.07) is 4.43. The van der Waals surface area contributed by atoms with E-state index in [-0.39, 0.29) is 11.5 Å². The predicted octanol–water partition coefficient (Wildman–Crippen LogP) is 1.19. The summed E-state index contributed by atoms with van der Waals surface area (Å²) in [7, 11) is 1.41. The molecule has 108 valence electrons. The first-order valence-electron chi connectivity index (χ1n) is 6.53. The molecule has 1 aromatic rings. The van der Waals surface area contributed by atoms with E-state index in [2.05, 4.69) is 5.32 Å². The van der Waals surface area contributed by atoms with Gasteiger partial charge in [-0.3, -0.25) is 4.90 Å². The van der Waals surface area contributed by atoms with Crippen LogP contribution in [-0.4, -0.2) is 50.0 Å². The highest BCUT2D eigenvalue weighted by Crippen LogP contribution is 2.37. The number of nitrogens with one attached hydrogen (secondary N) is 1. The molecular weight excluding hydrogens is 261 g/mol. The Morgan fingerprint density at radius 3 is 2.75 bits per heavy atom. The van der Waals surface area contributed by atoms with Gasteiger partial charge >= 0.3 is 0 Å². The molecule has 0 unspecified atom stereocenters. The molecule has 0 bridgehead atoms. The highest BCUT2D eigenvalue weighted by Gasteiger charge is 2.26. The maximum Gasteiger partial charge on any atom is 0.162 e. The zero-order valence-electron chi connectivity index (χ0n) is 11.4. The number of ether oxygens (including phenoxy) is 1. The quantitative estimate of drug-likeness (QED) is 0.866. The van der Waals surface area contributed by atoms with Crippen LogP contribution in [0.2, 0.25) is 0 Å². The Bertz CT molecular complexity index is 510. The highest BCUT2D eigenvalue weighted by atomic mass is 19.1. The molecule has 0 aliphatic carbocycles. The Labute approximate surface area is 117 Å². The van der Waals surface area contributed by atoms with Crippen LogP contribution in [0.3, 0.4) is 0 Å². The summed E-state index contributed by atoms with van der Waals surface area (Å²) in [5.41, 5.74) is 0.758. The number of alkyl halides is 1. The van der Waals surface area contributed by atoms with Crippen LogP contribution in [0, 0.1) is 11.3 Å². The normalized spacial score (nSPS) is 17.4. The average molecular weight is 279 g/mol. The third-order valence-corrected chi connectivity index (χ3v) is 3.55. The van der Waals surface area contributed by atoms with Gasteiger partial charge in [-0.2, -0.15) is 5.26 Å². The van der Waals surface area contributed by atoms with E-state index in [4.69, 9.17) is 10.00 Å². The molecule has 1 atom stereocenters. The molecule has 1 aliphatic heterocycles. The molecule has 1 fully saturated rings. The minimum Gasteiger partial charge on any atom is -0.504 e. The summed E-state index contributed by atoms with van der Waals surface area (Å²) >= 11 is 0. The van der Waals surface area contributed by atoms with E-state index in [9.17, 15) is 9.50 Å². The van der Waals surface area contributed by atoms with Crippen LogP contribution in [-0.2, 0) is 0 Å². The van der Waals surface area contributed by atoms with Gasteiger partial charge in [0.25, 0.3) is 0 Å². The monoisotopic (exact) mass is 279 g/mol. The lowest BCUT2D eigenvalue weighted by Gasteiger charge is -2.34. The number of methoxy groups -OCH3 is 1. The van der Waals surface area contributed by atoms with E-state index in [1.54, 1.807) is 0 Å². The van der Waals surface area contributed by atoms with Gasteiger partial charge in [0, 0.05) is 37.8 Å². The number of nitriles is 1. The van der Waals surface area contributed by atoms with Gasteiger partial charge in [-0.05, 0) is 6.07 Å². The van der Waals surface area contributed by atoms with E-state index in [0.29, 0.717) is 24.2 Å². The molecule has 6 heteroatoms. The molecule has 1 aromatic carbocycles. The molecule has 0 radical (unpaired) electrons. The van der Waals surface area contributed by atoms with Crippen LogP contribution in [0.4, 0.5) is 4.39 Å². The van der Waals surface area contributed by atoms with E-state index >= 15 is 0 Å². The molecule has 1 heterocycles. The van der Waals surface area contributed by atoms with Crippen molar-refractivity contribution >= 4 is 0 Å². The minimum absolute atomic E-state index is 0.0901. The van der Waals surface area contributed by atoms with Gasteiger partial charge in [0.1, 0.15) is 6.67 Å². The van der Waals surface area contributed by atoms with E-state index in [0.717, 1.165) is 13.1 Å². The largest absolute Gasteiger partial charge is 0.504 e. The van der Waals surface area contributed by atoms with Crippen LogP contribution in [0.5, 0.6) is 11.5 Å². The first-order chi connectivity index (χ1) is 9.71. The molecule has 2 N–H and O–H groups in total. The van der Waals surface area contributed by atoms with Crippen LogP contribution < -0.4 is 10.1 Å². The van der Waals surface area contributed by atoms with Crippen LogP contribution in [0.1, 0.15) is 17.2 Å². The van der Waals surface area contributed by atoms with Gasteiger partial charge in [-0.1, -0.05) is 0 Å². The third kappa shape index (κ3) is 2.84. The average Bonchev–Trinajstić information content (AvgIpc) is 2.50. The predicted molar refractivity (Wildman–Crippen MR) is 72.5 cm³/mol. The highest BCUT2D eigenvalue weighted by molar-refractivity contribution is 5.53. The summed E-state index contributed by atoms with van der Waals surface area (Å²) in [6.45, 7) is 2.35. The fourth-order valence-electron chi connectivity index (χ4n) is 2.47. The summed E-state index contributed by atoms with van der Waals surface area (Å²) in [5.74, 6) is 0.111. The first-order valence-corrected chi connectivity index (χ1v) is 6.53. The number of aromatic hydroxyl groups is 1. The van der Waals surface area contributed by atoms with Crippen molar-refractivity contribution in [1.82, 2.24) is 10.2 Å². The summed E-state index contributed by atoms with van der Waals surface area (Å²) in [4.78, 5) is 1.96. The Morgan fingerprint density at radius 1 is 1.50 bits per heavy atom. The summed E-state index contributed by atoms with van der Waals surface area (Å²) < 4.78 is 18.5. The van der Waals surface area contributed by atoms with E-state index < -0.39 is 12.7 Å². The molecular formula is C14H18FN3O2. The summed E-state index contributed by atoms with van der Waals surface area (Å²) in [6.07, 6.45) is 0. The topological polar surface area (TPSA) is 68.5 Å².